The van der Waals surface area contributed by atoms with Crippen LogP contribution in [0.3, 0.4) is 0 Å². The second-order valence-electron chi connectivity index (χ2n) is 4.81. The second-order valence-corrected chi connectivity index (χ2v) is 4.81. The standard InChI is InChI=1S/C14H21N5O/c1-10-7-16-12(11(2)14(10)20-4)8-15-6-5-13-17-9-19(3)18-13/h7,9,15H,5-6,8H2,1-4H3. The van der Waals surface area contributed by atoms with Crippen LogP contribution in [0.5, 0.6) is 5.75 Å². The van der Waals surface area contributed by atoms with E-state index in [-0.39, 0.29) is 0 Å². The van der Waals surface area contributed by atoms with Crippen molar-refractivity contribution in [2.45, 2.75) is 26.8 Å². The molecule has 0 aliphatic heterocycles. The molecule has 108 valence electrons. The Hall–Kier alpha value is -1.95. The van der Waals surface area contributed by atoms with Crippen LogP contribution in [-0.2, 0) is 20.0 Å². The number of methoxy groups -OCH3 is 1. The molecule has 0 saturated carbocycles. The topological polar surface area (TPSA) is 64.9 Å². The van der Waals surface area contributed by atoms with Crippen molar-refractivity contribution in [2.24, 2.45) is 7.05 Å². The molecule has 0 aliphatic rings. The zero-order chi connectivity index (χ0) is 14.5. The van der Waals surface area contributed by atoms with Crippen LogP contribution in [0.1, 0.15) is 22.6 Å². The van der Waals surface area contributed by atoms with Gasteiger partial charge in [0.05, 0.1) is 12.8 Å². The van der Waals surface area contributed by atoms with Crippen molar-refractivity contribution in [1.29, 1.82) is 0 Å². The Balaban J connectivity index is 1.88. The zero-order valence-electron chi connectivity index (χ0n) is 12.5. The van der Waals surface area contributed by atoms with E-state index < -0.39 is 0 Å². The number of nitrogens with one attached hydrogen (secondary N) is 1. The molecule has 2 heterocycles. The van der Waals surface area contributed by atoms with Gasteiger partial charge in [-0.2, -0.15) is 5.10 Å². The average molecular weight is 275 g/mol. The summed E-state index contributed by atoms with van der Waals surface area (Å²) in [5.74, 6) is 1.77. The van der Waals surface area contributed by atoms with Gasteiger partial charge in [-0.25, -0.2) is 4.98 Å². The van der Waals surface area contributed by atoms with Crippen LogP contribution in [0.4, 0.5) is 0 Å². The minimum Gasteiger partial charge on any atom is -0.496 e. The molecule has 6 nitrogen and oxygen atoms in total. The number of aromatic nitrogens is 4. The van der Waals surface area contributed by atoms with Gasteiger partial charge in [-0.15, -0.1) is 0 Å². The van der Waals surface area contributed by atoms with Crippen LogP contribution in [0.15, 0.2) is 12.5 Å². The van der Waals surface area contributed by atoms with Crippen molar-refractivity contribution in [3.63, 3.8) is 0 Å². The summed E-state index contributed by atoms with van der Waals surface area (Å²) in [5.41, 5.74) is 3.17. The van der Waals surface area contributed by atoms with Crippen molar-refractivity contribution in [2.75, 3.05) is 13.7 Å². The first-order valence-electron chi connectivity index (χ1n) is 6.66. The van der Waals surface area contributed by atoms with Gasteiger partial charge in [0.1, 0.15) is 12.1 Å². The summed E-state index contributed by atoms with van der Waals surface area (Å²) in [6.45, 7) is 5.58. The van der Waals surface area contributed by atoms with Gasteiger partial charge in [0, 0.05) is 43.9 Å². The maximum atomic E-state index is 5.40. The molecule has 0 spiro atoms. The maximum absolute atomic E-state index is 5.40. The van der Waals surface area contributed by atoms with Gasteiger partial charge in [-0.1, -0.05) is 0 Å². The van der Waals surface area contributed by atoms with E-state index in [1.165, 1.54) is 0 Å². The zero-order valence-corrected chi connectivity index (χ0v) is 12.5. The fraction of sp³-hybridized carbons (Fsp3) is 0.500. The van der Waals surface area contributed by atoms with E-state index in [9.17, 15) is 0 Å². The predicted molar refractivity (Wildman–Crippen MR) is 76.7 cm³/mol. The van der Waals surface area contributed by atoms with Crippen LogP contribution < -0.4 is 10.1 Å². The third-order valence-electron chi connectivity index (χ3n) is 3.21. The summed E-state index contributed by atoms with van der Waals surface area (Å²) < 4.78 is 7.12. The van der Waals surface area contributed by atoms with Gasteiger partial charge in [0.15, 0.2) is 5.82 Å². The quantitative estimate of drug-likeness (QED) is 0.802. The third kappa shape index (κ3) is 3.33. The molecule has 6 heteroatoms. The fourth-order valence-corrected chi connectivity index (χ4v) is 2.15. The Morgan fingerprint density at radius 3 is 2.75 bits per heavy atom. The fourth-order valence-electron chi connectivity index (χ4n) is 2.15. The van der Waals surface area contributed by atoms with Crippen LogP contribution in [0.2, 0.25) is 0 Å². The maximum Gasteiger partial charge on any atom is 0.151 e. The molecule has 0 fully saturated rings. The Morgan fingerprint density at radius 1 is 1.30 bits per heavy atom. The molecule has 0 radical (unpaired) electrons. The minimum absolute atomic E-state index is 0.718. The van der Waals surface area contributed by atoms with E-state index in [0.29, 0.717) is 0 Å². The van der Waals surface area contributed by atoms with Crippen LogP contribution in [0.25, 0.3) is 0 Å². The lowest BCUT2D eigenvalue weighted by molar-refractivity contribution is 0.406. The SMILES string of the molecule is COc1c(C)cnc(CNCCc2ncn(C)n2)c1C. The number of hydrogen-bond acceptors (Lipinski definition) is 5. The number of hydrogen-bond donors (Lipinski definition) is 1. The highest BCUT2D eigenvalue weighted by Crippen LogP contribution is 2.23. The smallest absolute Gasteiger partial charge is 0.151 e. The Kier molecular flexibility index (Phi) is 4.68. The molecule has 0 aliphatic carbocycles. The van der Waals surface area contributed by atoms with Crippen molar-refractivity contribution in [1.82, 2.24) is 25.1 Å². The molecule has 1 N–H and O–H groups in total. The Morgan fingerprint density at radius 2 is 2.10 bits per heavy atom. The summed E-state index contributed by atoms with van der Waals surface area (Å²) >= 11 is 0. The molecule has 2 aromatic rings. The molecule has 0 unspecified atom stereocenters. The van der Waals surface area contributed by atoms with E-state index in [0.717, 1.165) is 47.9 Å². The van der Waals surface area contributed by atoms with E-state index in [4.69, 9.17) is 4.74 Å². The summed E-state index contributed by atoms with van der Waals surface area (Å²) in [6.07, 6.45) is 4.37. The van der Waals surface area contributed by atoms with E-state index in [1.807, 2.05) is 27.1 Å². The van der Waals surface area contributed by atoms with Crippen molar-refractivity contribution in [3.05, 3.63) is 35.2 Å². The van der Waals surface area contributed by atoms with Gasteiger partial charge in [0.25, 0.3) is 0 Å². The minimum atomic E-state index is 0.718. The van der Waals surface area contributed by atoms with Crippen molar-refractivity contribution in [3.8, 4) is 5.75 Å². The third-order valence-corrected chi connectivity index (χ3v) is 3.21. The highest BCUT2D eigenvalue weighted by Gasteiger charge is 2.09. The summed E-state index contributed by atoms with van der Waals surface area (Å²) in [7, 11) is 3.56. The first-order valence-corrected chi connectivity index (χ1v) is 6.66. The van der Waals surface area contributed by atoms with E-state index in [1.54, 1.807) is 18.1 Å². The molecule has 0 aromatic carbocycles. The van der Waals surface area contributed by atoms with Crippen LogP contribution in [-0.4, -0.2) is 33.4 Å². The lowest BCUT2D eigenvalue weighted by Crippen LogP contribution is -2.19. The van der Waals surface area contributed by atoms with E-state index >= 15 is 0 Å². The molecular weight excluding hydrogens is 254 g/mol. The van der Waals surface area contributed by atoms with Crippen LogP contribution >= 0.6 is 0 Å². The number of rotatable bonds is 6. The molecule has 0 amide bonds. The van der Waals surface area contributed by atoms with Gasteiger partial charge in [-0.3, -0.25) is 9.67 Å². The lowest BCUT2D eigenvalue weighted by Gasteiger charge is -2.12. The molecule has 20 heavy (non-hydrogen) atoms. The molecule has 2 rings (SSSR count). The molecule has 0 bridgehead atoms. The summed E-state index contributed by atoms with van der Waals surface area (Å²) in [6, 6.07) is 0. The average Bonchev–Trinajstić information content (AvgIpc) is 2.83. The van der Waals surface area contributed by atoms with Gasteiger partial charge in [-0.05, 0) is 13.8 Å². The molecule has 0 atom stereocenters. The molecular formula is C14H21N5O. The van der Waals surface area contributed by atoms with Gasteiger partial charge in [0.2, 0.25) is 0 Å². The summed E-state index contributed by atoms with van der Waals surface area (Å²) in [5, 5.41) is 7.61. The Labute approximate surface area is 119 Å². The van der Waals surface area contributed by atoms with Crippen molar-refractivity contribution < 1.29 is 4.74 Å². The monoisotopic (exact) mass is 275 g/mol. The second kappa shape index (κ2) is 6.47. The van der Waals surface area contributed by atoms with Gasteiger partial charge >= 0.3 is 0 Å². The summed E-state index contributed by atoms with van der Waals surface area (Å²) in [4.78, 5) is 8.65. The number of aryl methyl sites for hydroxylation is 2. The largest absolute Gasteiger partial charge is 0.496 e. The highest BCUT2D eigenvalue weighted by molar-refractivity contribution is 5.40. The first-order chi connectivity index (χ1) is 9.61. The normalized spacial score (nSPS) is 10.8. The van der Waals surface area contributed by atoms with Gasteiger partial charge < -0.3 is 10.1 Å². The first kappa shape index (κ1) is 14.5. The molecule has 0 saturated heterocycles. The lowest BCUT2D eigenvalue weighted by atomic mass is 10.1. The Bertz CT molecular complexity index is 579. The number of pyridine rings is 1. The number of nitrogens with zero attached hydrogens (tertiary/aromatic N) is 4. The number of ether oxygens (including phenoxy) is 1. The van der Waals surface area contributed by atoms with Crippen molar-refractivity contribution >= 4 is 0 Å². The highest BCUT2D eigenvalue weighted by atomic mass is 16.5. The van der Waals surface area contributed by atoms with E-state index in [2.05, 4.69) is 20.4 Å². The molecule has 2 aromatic heterocycles. The van der Waals surface area contributed by atoms with Crippen LogP contribution in [0, 0.1) is 13.8 Å². The predicted octanol–water partition coefficient (Wildman–Crippen LogP) is 1.17.